The first-order valence-electron chi connectivity index (χ1n) is 6.27. The van der Waals surface area contributed by atoms with Crippen molar-refractivity contribution in [3.8, 4) is 5.75 Å². The van der Waals surface area contributed by atoms with Crippen molar-refractivity contribution in [1.29, 1.82) is 0 Å². The van der Waals surface area contributed by atoms with Gasteiger partial charge in [0.2, 0.25) is 0 Å². The van der Waals surface area contributed by atoms with Gasteiger partial charge in [0.25, 0.3) is 0 Å². The molecule has 1 aromatic carbocycles. The van der Waals surface area contributed by atoms with Crippen LogP contribution in [0.1, 0.15) is 24.1 Å². The van der Waals surface area contributed by atoms with E-state index < -0.39 is 0 Å². The highest BCUT2D eigenvalue weighted by molar-refractivity contribution is 9.10. The highest BCUT2D eigenvalue weighted by atomic mass is 79.9. The molecule has 2 N–H and O–H groups in total. The fraction of sp³-hybridized carbons (Fsp3) is 0.267. The summed E-state index contributed by atoms with van der Waals surface area (Å²) in [6.07, 6.45) is 4.34. The zero-order chi connectivity index (χ0) is 13.7. The van der Waals surface area contributed by atoms with Gasteiger partial charge in [0.05, 0.1) is 6.61 Å². The summed E-state index contributed by atoms with van der Waals surface area (Å²) in [5, 5.41) is 0. The number of hydrogen-bond donors (Lipinski definition) is 1. The van der Waals surface area contributed by atoms with Crippen LogP contribution in [0.4, 0.5) is 0 Å². The lowest BCUT2D eigenvalue weighted by molar-refractivity contribution is 0.334. The number of rotatable bonds is 5. The van der Waals surface area contributed by atoms with Gasteiger partial charge in [0.15, 0.2) is 0 Å². The third-order valence-corrected chi connectivity index (χ3v) is 3.27. The number of ether oxygens (including phenoxy) is 1. The van der Waals surface area contributed by atoms with Crippen molar-refractivity contribution >= 4 is 15.9 Å². The van der Waals surface area contributed by atoms with Crippen LogP contribution in [-0.4, -0.2) is 11.6 Å². The van der Waals surface area contributed by atoms with E-state index in [0.29, 0.717) is 6.61 Å². The molecule has 19 heavy (non-hydrogen) atoms. The molecule has 0 fully saturated rings. The van der Waals surface area contributed by atoms with Crippen LogP contribution in [0.5, 0.6) is 5.75 Å². The molecule has 0 spiro atoms. The number of aromatic nitrogens is 1. The van der Waals surface area contributed by atoms with Crippen LogP contribution in [0.3, 0.4) is 0 Å². The van der Waals surface area contributed by atoms with Gasteiger partial charge in [0.1, 0.15) is 5.75 Å². The molecule has 2 rings (SSSR count). The van der Waals surface area contributed by atoms with Crippen LogP contribution < -0.4 is 10.5 Å². The molecular formula is C15H17BrN2O. The highest BCUT2D eigenvalue weighted by Crippen LogP contribution is 2.26. The van der Waals surface area contributed by atoms with Crippen molar-refractivity contribution in [3.05, 3.63) is 58.3 Å². The predicted octanol–water partition coefficient (Wildman–Crippen LogP) is 3.49. The summed E-state index contributed by atoms with van der Waals surface area (Å²) in [6, 6.07) is 9.85. The van der Waals surface area contributed by atoms with Gasteiger partial charge in [-0.3, -0.25) is 4.98 Å². The number of nitrogens with two attached hydrogens (primary N) is 1. The molecule has 1 atom stereocenters. The minimum atomic E-state index is -0.0983. The fourth-order valence-corrected chi connectivity index (χ4v) is 2.42. The van der Waals surface area contributed by atoms with Crippen LogP contribution in [-0.2, 0) is 6.42 Å². The monoisotopic (exact) mass is 320 g/mol. The van der Waals surface area contributed by atoms with Crippen molar-refractivity contribution in [1.82, 2.24) is 4.98 Å². The molecule has 0 radical (unpaired) electrons. The molecule has 1 aromatic heterocycles. The van der Waals surface area contributed by atoms with Crippen LogP contribution in [0.2, 0.25) is 0 Å². The standard InChI is InChI=1S/C15H17BrN2O/c1-2-19-15-6-4-3-5-13(15)14(17)8-11-7-12(16)10-18-9-11/h3-7,9-10,14H,2,8,17H2,1H3. The fourth-order valence-electron chi connectivity index (χ4n) is 2.01. The third kappa shape index (κ3) is 3.78. The number of benzene rings is 1. The average Bonchev–Trinajstić information content (AvgIpc) is 2.39. The minimum Gasteiger partial charge on any atom is -0.494 e. The van der Waals surface area contributed by atoms with Gasteiger partial charge >= 0.3 is 0 Å². The first kappa shape index (κ1) is 14.0. The van der Waals surface area contributed by atoms with Crippen molar-refractivity contribution in [2.75, 3.05) is 6.61 Å². The summed E-state index contributed by atoms with van der Waals surface area (Å²) in [5.74, 6) is 0.862. The molecule has 0 bridgehead atoms. The van der Waals surface area contributed by atoms with E-state index in [-0.39, 0.29) is 6.04 Å². The maximum atomic E-state index is 6.29. The number of para-hydroxylation sites is 1. The van der Waals surface area contributed by atoms with Gasteiger partial charge in [0, 0.05) is 28.5 Å². The lowest BCUT2D eigenvalue weighted by atomic mass is 10.00. The molecule has 0 aliphatic carbocycles. The lowest BCUT2D eigenvalue weighted by Crippen LogP contribution is -2.15. The second-order valence-corrected chi connectivity index (χ2v) is 5.21. The molecule has 4 heteroatoms. The Morgan fingerprint density at radius 1 is 1.32 bits per heavy atom. The molecule has 1 heterocycles. The summed E-state index contributed by atoms with van der Waals surface area (Å²) >= 11 is 3.42. The van der Waals surface area contributed by atoms with E-state index in [1.807, 2.05) is 43.5 Å². The summed E-state index contributed by atoms with van der Waals surface area (Å²) in [4.78, 5) is 4.16. The topological polar surface area (TPSA) is 48.1 Å². The zero-order valence-electron chi connectivity index (χ0n) is 10.8. The van der Waals surface area contributed by atoms with E-state index in [1.165, 1.54) is 0 Å². The van der Waals surface area contributed by atoms with Gasteiger partial charge in [-0.05, 0) is 47.0 Å². The van der Waals surface area contributed by atoms with Crippen LogP contribution in [0.25, 0.3) is 0 Å². The SMILES string of the molecule is CCOc1ccccc1C(N)Cc1cncc(Br)c1. The van der Waals surface area contributed by atoms with Crippen molar-refractivity contribution in [2.45, 2.75) is 19.4 Å². The minimum absolute atomic E-state index is 0.0983. The predicted molar refractivity (Wildman–Crippen MR) is 80.2 cm³/mol. The van der Waals surface area contributed by atoms with Crippen LogP contribution in [0.15, 0.2) is 47.2 Å². The molecule has 3 nitrogen and oxygen atoms in total. The van der Waals surface area contributed by atoms with E-state index in [2.05, 4.69) is 20.9 Å². The van der Waals surface area contributed by atoms with Crippen molar-refractivity contribution in [2.24, 2.45) is 5.73 Å². The van der Waals surface area contributed by atoms with Gasteiger partial charge in [-0.15, -0.1) is 0 Å². The largest absolute Gasteiger partial charge is 0.494 e. The Bertz CT molecular complexity index is 545. The molecule has 0 saturated heterocycles. The molecule has 0 aliphatic rings. The highest BCUT2D eigenvalue weighted by Gasteiger charge is 2.12. The van der Waals surface area contributed by atoms with Gasteiger partial charge in [-0.1, -0.05) is 18.2 Å². The van der Waals surface area contributed by atoms with Crippen molar-refractivity contribution < 1.29 is 4.74 Å². The molecule has 0 aliphatic heterocycles. The van der Waals surface area contributed by atoms with E-state index in [1.54, 1.807) is 6.20 Å². The smallest absolute Gasteiger partial charge is 0.124 e. The molecule has 2 aromatic rings. The molecule has 0 saturated carbocycles. The number of hydrogen-bond acceptors (Lipinski definition) is 3. The van der Waals surface area contributed by atoms with Gasteiger partial charge in [-0.25, -0.2) is 0 Å². The lowest BCUT2D eigenvalue weighted by Gasteiger charge is -2.16. The van der Waals surface area contributed by atoms with E-state index in [0.717, 1.165) is 27.8 Å². The molecule has 1 unspecified atom stereocenters. The second kappa shape index (κ2) is 6.68. The second-order valence-electron chi connectivity index (χ2n) is 4.29. The Balaban J connectivity index is 2.17. The van der Waals surface area contributed by atoms with E-state index in [9.17, 15) is 0 Å². The average molecular weight is 321 g/mol. The first-order chi connectivity index (χ1) is 9.20. The summed E-state index contributed by atoms with van der Waals surface area (Å²) in [6.45, 7) is 2.61. The zero-order valence-corrected chi connectivity index (χ0v) is 12.4. The third-order valence-electron chi connectivity index (χ3n) is 2.84. The number of pyridine rings is 1. The van der Waals surface area contributed by atoms with E-state index in [4.69, 9.17) is 10.5 Å². The Kier molecular flexibility index (Phi) is 4.93. The van der Waals surface area contributed by atoms with Gasteiger partial charge in [-0.2, -0.15) is 0 Å². The quantitative estimate of drug-likeness (QED) is 0.917. The normalized spacial score (nSPS) is 12.2. The maximum absolute atomic E-state index is 6.29. The number of halogens is 1. The van der Waals surface area contributed by atoms with Crippen molar-refractivity contribution in [3.63, 3.8) is 0 Å². The molecular weight excluding hydrogens is 304 g/mol. The van der Waals surface area contributed by atoms with Crippen LogP contribution >= 0.6 is 15.9 Å². The van der Waals surface area contributed by atoms with Crippen LogP contribution in [0, 0.1) is 0 Å². The Hall–Kier alpha value is -1.39. The summed E-state index contributed by atoms with van der Waals surface area (Å²) in [7, 11) is 0. The van der Waals surface area contributed by atoms with E-state index >= 15 is 0 Å². The Morgan fingerprint density at radius 2 is 2.11 bits per heavy atom. The Morgan fingerprint density at radius 3 is 2.84 bits per heavy atom. The summed E-state index contributed by atoms with van der Waals surface area (Å²) in [5.41, 5.74) is 8.42. The van der Waals surface area contributed by atoms with Gasteiger partial charge < -0.3 is 10.5 Å². The molecule has 100 valence electrons. The summed E-state index contributed by atoms with van der Waals surface area (Å²) < 4.78 is 6.58. The first-order valence-corrected chi connectivity index (χ1v) is 7.06. The number of nitrogens with zero attached hydrogens (tertiary/aromatic N) is 1. The molecule has 0 amide bonds. The Labute approximate surface area is 121 Å². The maximum Gasteiger partial charge on any atom is 0.124 e.